The van der Waals surface area contributed by atoms with Gasteiger partial charge in [0.2, 0.25) is 5.76 Å². The molecular weight excluding hydrogens is 322 g/mol. The van der Waals surface area contributed by atoms with Gasteiger partial charge in [0.15, 0.2) is 0 Å². The Balaban J connectivity index is 1.69. The van der Waals surface area contributed by atoms with Crippen LogP contribution in [0.5, 0.6) is 0 Å². The number of nitrogens with zero attached hydrogens (tertiary/aromatic N) is 3. The standard InChI is InChI=1S/C18H19N3O2S/c1-12(2)15-9-16(23-20-15)18(22)21(3)10-14-11-24-17(19-14)13-7-5-4-6-8-13/h4-9,11-12H,10H2,1-3H3. The van der Waals surface area contributed by atoms with E-state index in [1.165, 1.54) is 0 Å². The topological polar surface area (TPSA) is 59.2 Å². The first-order chi connectivity index (χ1) is 11.5. The Hall–Kier alpha value is -2.47. The van der Waals surface area contributed by atoms with Crippen LogP contribution in [-0.2, 0) is 6.54 Å². The van der Waals surface area contributed by atoms with Crippen LogP contribution in [0.15, 0.2) is 46.3 Å². The van der Waals surface area contributed by atoms with Crippen molar-refractivity contribution in [3.8, 4) is 10.6 Å². The molecule has 0 aliphatic rings. The average Bonchev–Trinajstić information content (AvgIpc) is 3.24. The van der Waals surface area contributed by atoms with Crippen LogP contribution in [0.25, 0.3) is 10.6 Å². The third kappa shape index (κ3) is 3.54. The molecule has 5 nitrogen and oxygen atoms in total. The van der Waals surface area contributed by atoms with Crippen molar-refractivity contribution < 1.29 is 9.32 Å². The zero-order valence-corrected chi connectivity index (χ0v) is 14.7. The average molecular weight is 341 g/mol. The van der Waals surface area contributed by atoms with Crippen molar-refractivity contribution in [2.24, 2.45) is 0 Å². The second-order valence-electron chi connectivity index (χ2n) is 5.94. The molecule has 2 heterocycles. The summed E-state index contributed by atoms with van der Waals surface area (Å²) in [5.41, 5.74) is 2.73. The number of hydrogen-bond acceptors (Lipinski definition) is 5. The van der Waals surface area contributed by atoms with Gasteiger partial charge < -0.3 is 9.42 Å². The van der Waals surface area contributed by atoms with Crippen molar-refractivity contribution in [2.75, 3.05) is 7.05 Å². The van der Waals surface area contributed by atoms with Gasteiger partial charge in [-0.3, -0.25) is 4.79 Å². The summed E-state index contributed by atoms with van der Waals surface area (Å²) < 4.78 is 5.16. The van der Waals surface area contributed by atoms with Gasteiger partial charge in [-0.15, -0.1) is 11.3 Å². The maximum atomic E-state index is 12.4. The fourth-order valence-electron chi connectivity index (χ4n) is 2.26. The van der Waals surface area contributed by atoms with Crippen molar-refractivity contribution in [3.05, 3.63) is 58.9 Å². The van der Waals surface area contributed by atoms with Gasteiger partial charge in [-0.25, -0.2) is 4.98 Å². The third-order valence-corrected chi connectivity index (χ3v) is 4.59. The van der Waals surface area contributed by atoms with Crippen LogP contribution in [0.1, 0.15) is 41.7 Å². The second-order valence-corrected chi connectivity index (χ2v) is 6.80. The summed E-state index contributed by atoms with van der Waals surface area (Å²) in [6.45, 7) is 4.45. The smallest absolute Gasteiger partial charge is 0.292 e. The van der Waals surface area contributed by atoms with Crippen molar-refractivity contribution in [3.63, 3.8) is 0 Å². The number of carbonyl (C=O) groups is 1. The van der Waals surface area contributed by atoms with E-state index < -0.39 is 0 Å². The van der Waals surface area contributed by atoms with Crippen molar-refractivity contribution in [2.45, 2.75) is 26.3 Å². The number of benzene rings is 1. The van der Waals surface area contributed by atoms with Crippen molar-refractivity contribution in [1.29, 1.82) is 0 Å². The molecule has 0 N–H and O–H groups in total. The van der Waals surface area contributed by atoms with Gasteiger partial charge in [-0.1, -0.05) is 49.3 Å². The van der Waals surface area contributed by atoms with Crippen LogP contribution < -0.4 is 0 Å². The van der Waals surface area contributed by atoms with Gasteiger partial charge in [-0.05, 0) is 5.92 Å². The summed E-state index contributed by atoms with van der Waals surface area (Å²) in [7, 11) is 1.74. The first kappa shape index (κ1) is 16.4. The fourth-order valence-corrected chi connectivity index (χ4v) is 3.07. The fraction of sp³-hybridized carbons (Fsp3) is 0.278. The molecular formula is C18H19N3O2S. The predicted molar refractivity (Wildman–Crippen MR) is 93.9 cm³/mol. The zero-order chi connectivity index (χ0) is 17.1. The highest BCUT2D eigenvalue weighted by Crippen LogP contribution is 2.24. The maximum absolute atomic E-state index is 12.4. The van der Waals surface area contributed by atoms with E-state index in [0.29, 0.717) is 6.54 Å². The number of carbonyl (C=O) groups excluding carboxylic acids is 1. The first-order valence-corrected chi connectivity index (χ1v) is 8.64. The van der Waals surface area contributed by atoms with Crippen LogP contribution in [-0.4, -0.2) is 28.0 Å². The Labute approximate surface area is 144 Å². The van der Waals surface area contributed by atoms with Crippen LogP contribution in [0.3, 0.4) is 0 Å². The van der Waals surface area contributed by atoms with E-state index in [2.05, 4.69) is 10.1 Å². The van der Waals surface area contributed by atoms with E-state index in [0.717, 1.165) is 22.0 Å². The predicted octanol–water partition coefficient (Wildman–Crippen LogP) is 4.19. The normalized spacial score (nSPS) is 11.0. The monoisotopic (exact) mass is 341 g/mol. The summed E-state index contributed by atoms with van der Waals surface area (Å²) in [6.07, 6.45) is 0. The Kier molecular flexibility index (Phi) is 4.76. The van der Waals surface area contributed by atoms with Crippen molar-refractivity contribution in [1.82, 2.24) is 15.0 Å². The number of aromatic nitrogens is 2. The molecule has 0 aliphatic heterocycles. The van der Waals surface area contributed by atoms with E-state index >= 15 is 0 Å². The molecule has 0 saturated heterocycles. The van der Waals surface area contributed by atoms with E-state index in [-0.39, 0.29) is 17.6 Å². The third-order valence-electron chi connectivity index (χ3n) is 3.65. The minimum Gasteiger partial charge on any atom is -0.351 e. The number of amides is 1. The molecule has 0 aliphatic carbocycles. The Morgan fingerprint density at radius 2 is 2.04 bits per heavy atom. The lowest BCUT2D eigenvalue weighted by Gasteiger charge is -2.13. The van der Waals surface area contributed by atoms with Crippen LogP contribution >= 0.6 is 11.3 Å². The highest BCUT2D eigenvalue weighted by atomic mass is 32.1. The van der Waals surface area contributed by atoms with Gasteiger partial charge >= 0.3 is 0 Å². The summed E-state index contributed by atoms with van der Waals surface area (Å²) in [5.74, 6) is 0.302. The Morgan fingerprint density at radius 3 is 2.71 bits per heavy atom. The second kappa shape index (κ2) is 6.97. The SMILES string of the molecule is CC(C)c1cc(C(=O)N(C)Cc2csc(-c3ccccc3)n2)on1. The van der Waals surface area contributed by atoms with E-state index in [1.54, 1.807) is 29.4 Å². The lowest BCUT2D eigenvalue weighted by atomic mass is 10.1. The summed E-state index contributed by atoms with van der Waals surface area (Å²) in [5, 5.41) is 6.86. The molecule has 0 atom stereocenters. The number of hydrogen-bond donors (Lipinski definition) is 0. The lowest BCUT2D eigenvalue weighted by Crippen LogP contribution is -2.26. The zero-order valence-electron chi connectivity index (χ0n) is 13.9. The molecule has 6 heteroatoms. The lowest BCUT2D eigenvalue weighted by molar-refractivity contribution is 0.0742. The van der Waals surface area contributed by atoms with Crippen LogP contribution in [0, 0.1) is 0 Å². The Morgan fingerprint density at radius 1 is 1.29 bits per heavy atom. The molecule has 124 valence electrons. The number of thiazole rings is 1. The minimum atomic E-state index is -0.191. The largest absolute Gasteiger partial charge is 0.351 e. The molecule has 1 aromatic carbocycles. The maximum Gasteiger partial charge on any atom is 0.292 e. The molecule has 3 aromatic rings. The molecule has 0 unspecified atom stereocenters. The van der Waals surface area contributed by atoms with Gasteiger partial charge in [0, 0.05) is 24.1 Å². The molecule has 1 amide bonds. The molecule has 0 spiro atoms. The number of rotatable bonds is 5. The molecule has 0 saturated carbocycles. The first-order valence-electron chi connectivity index (χ1n) is 7.76. The quantitative estimate of drug-likeness (QED) is 0.698. The van der Waals surface area contributed by atoms with Crippen LogP contribution in [0.4, 0.5) is 0 Å². The molecule has 2 aromatic heterocycles. The minimum absolute atomic E-state index is 0.191. The van der Waals surface area contributed by atoms with E-state index in [9.17, 15) is 4.79 Å². The molecule has 0 bridgehead atoms. The highest BCUT2D eigenvalue weighted by Gasteiger charge is 2.19. The molecule has 0 radical (unpaired) electrons. The van der Waals surface area contributed by atoms with E-state index in [4.69, 9.17) is 4.52 Å². The molecule has 24 heavy (non-hydrogen) atoms. The molecule has 0 fully saturated rings. The summed E-state index contributed by atoms with van der Waals surface area (Å²) in [4.78, 5) is 18.6. The van der Waals surface area contributed by atoms with Crippen LogP contribution in [0.2, 0.25) is 0 Å². The van der Waals surface area contributed by atoms with Gasteiger partial charge in [-0.2, -0.15) is 0 Å². The highest BCUT2D eigenvalue weighted by molar-refractivity contribution is 7.13. The van der Waals surface area contributed by atoms with E-state index in [1.807, 2.05) is 49.6 Å². The van der Waals surface area contributed by atoms with Gasteiger partial charge in [0.25, 0.3) is 5.91 Å². The molecule has 3 rings (SSSR count). The van der Waals surface area contributed by atoms with Gasteiger partial charge in [0.1, 0.15) is 5.01 Å². The van der Waals surface area contributed by atoms with Crippen molar-refractivity contribution >= 4 is 17.2 Å². The van der Waals surface area contributed by atoms with Gasteiger partial charge in [0.05, 0.1) is 17.9 Å². The summed E-state index contributed by atoms with van der Waals surface area (Å²) in [6, 6.07) is 11.7. The Bertz CT molecular complexity index is 824. The summed E-state index contributed by atoms with van der Waals surface area (Å²) >= 11 is 1.58.